The maximum Gasteiger partial charge on any atom is 0.121 e. The molecular weight excluding hydrogens is 188 g/mol. The number of aliphatic hydroxyl groups is 1. The van der Waals surface area contributed by atoms with E-state index in [0.717, 1.165) is 5.56 Å². The van der Waals surface area contributed by atoms with E-state index in [2.05, 4.69) is 12.7 Å². The summed E-state index contributed by atoms with van der Waals surface area (Å²) in [5, 5.41) is 9.11. The van der Waals surface area contributed by atoms with Gasteiger partial charge in [0.1, 0.15) is 12.4 Å². The largest absolute Gasteiger partial charge is 0.491 e. The first-order chi connectivity index (χ1) is 6.26. The second-order valence-electron chi connectivity index (χ2n) is 2.42. The van der Waals surface area contributed by atoms with Crippen LogP contribution in [0.1, 0.15) is 5.56 Å². The van der Waals surface area contributed by atoms with Crippen molar-refractivity contribution in [2.45, 2.75) is 0 Å². The number of aliphatic hydroxyl groups excluding tert-OH is 1. The molecule has 0 spiro atoms. The molecule has 0 bridgehead atoms. The Morgan fingerprint density at radius 3 is 2.85 bits per heavy atom. The summed E-state index contributed by atoms with van der Waals surface area (Å²) in [5.74, 6) is 0.618. The molecule has 0 aliphatic carbocycles. The van der Waals surface area contributed by atoms with Gasteiger partial charge in [-0.05, 0) is 29.8 Å². The Kier molecular flexibility index (Phi) is 3.80. The lowest BCUT2D eigenvalue weighted by molar-refractivity contribution is 0.201. The minimum Gasteiger partial charge on any atom is -0.491 e. The lowest BCUT2D eigenvalue weighted by atomic mass is 10.2. The average molecular weight is 198 g/mol. The topological polar surface area (TPSA) is 29.5 Å². The molecule has 0 heterocycles. The van der Waals surface area contributed by atoms with Crippen molar-refractivity contribution in [2.24, 2.45) is 0 Å². The third kappa shape index (κ3) is 3.09. The maximum absolute atomic E-state index is 8.54. The third-order valence-electron chi connectivity index (χ3n) is 1.44. The Labute approximate surface area is 82.4 Å². The van der Waals surface area contributed by atoms with Gasteiger partial charge in [0.05, 0.1) is 6.61 Å². The predicted molar refractivity (Wildman–Crippen MR) is 52.0 cm³/mol. The molecule has 1 radical (unpaired) electrons. The van der Waals surface area contributed by atoms with Crippen molar-refractivity contribution in [3.05, 3.63) is 41.4 Å². The van der Waals surface area contributed by atoms with Gasteiger partial charge in [-0.2, -0.15) is 0 Å². The molecular formula is C10H10ClO2. The number of ether oxygens (including phenoxy) is 1. The Balaban J connectivity index is 2.81. The molecule has 0 fully saturated rings. The smallest absolute Gasteiger partial charge is 0.121 e. The molecule has 0 saturated carbocycles. The fraction of sp³-hybridized carbons (Fsp3) is 0.200. The Morgan fingerprint density at radius 2 is 2.23 bits per heavy atom. The third-order valence-corrected chi connectivity index (χ3v) is 1.65. The van der Waals surface area contributed by atoms with Gasteiger partial charge in [-0.3, -0.25) is 0 Å². The zero-order valence-electron chi connectivity index (χ0n) is 7.09. The fourth-order valence-electron chi connectivity index (χ4n) is 0.912. The van der Waals surface area contributed by atoms with Gasteiger partial charge >= 0.3 is 0 Å². The van der Waals surface area contributed by atoms with Crippen LogP contribution in [-0.2, 0) is 0 Å². The van der Waals surface area contributed by atoms with Crippen LogP contribution in [-0.4, -0.2) is 18.3 Å². The van der Waals surface area contributed by atoms with E-state index in [1.54, 1.807) is 18.2 Å². The highest BCUT2D eigenvalue weighted by Crippen LogP contribution is 2.20. The molecule has 69 valence electrons. The Bertz CT molecular complexity index is 297. The highest BCUT2D eigenvalue weighted by molar-refractivity contribution is 6.30. The highest BCUT2D eigenvalue weighted by atomic mass is 35.5. The molecule has 0 aliphatic heterocycles. The molecule has 13 heavy (non-hydrogen) atoms. The van der Waals surface area contributed by atoms with Crippen molar-refractivity contribution in [3.63, 3.8) is 0 Å². The van der Waals surface area contributed by atoms with Crippen molar-refractivity contribution in [1.29, 1.82) is 0 Å². The number of hydrogen-bond donors (Lipinski definition) is 1. The lowest BCUT2D eigenvalue weighted by Gasteiger charge is -2.05. The van der Waals surface area contributed by atoms with Gasteiger partial charge in [0.15, 0.2) is 0 Å². The minimum absolute atomic E-state index is 0.0142. The first-order valence-corrected chi connectivity index (χ1v) is 4.21. The van der Waals surface area contributed by atoms with Crippen molar-refractivity contribution < 1.29 is 9.84 Å². The zero-order chi connectivity index (χ0) is 9.68. The predicted octanol–water partition coefficient (Wildman–Crippen LogP) is 2.05. The van der Waals surface area contributed by atoms with Gasteiger partial charge in [0, 0.05) is 5.02 Å². The normalized spacial score (nSPS) is 9.69. The summed E-state index contributed by atoms with van der Waals surface area (Å²) in [6.45, 7) is 3.75. The van der Waals surface area contributed by atoms with E-state index >= 15 is 0 Å². The van der Waals surface area contributed by atoms with Crippen molar-refractivity contribution >= 4 is 11.6 Å². The molecule has 1 rings (SSSR count). The summed E-state index contributed by atoms with van der Waals surface area (Å²) in [5.41, 5.74) is 0.778. The van der Waals surface area contributed by atoms with Crippen molar-refractivity contribution in [2.75, 3.05) is 13.2 Å². The quantitative estimate of drug-likeness (QED) is 0.801. The van der Waals surface area contributed by atoms with Crippen LogP contribution in [0.25, 0.3) is 0 Å². The summed E-state index contributed by atoms with van der Waals surface area (Å²) in [6.07, 6.45) is 2.71. The zero-order valence-corrected chi connectivity index (χ0v) is 7.84. The summed E-state index contributed by atoms with van der Waals surface area (Å²) >= 11 is 5.80. The van der Waals surface area contributed by atoms with E-state index in [1.807, 2.05) is 0 Å². The first kappa shape index (κ1) is 10.1. The Hall–Kier alpha value is -0.990. The van der Waals surface area contributed by atoms with Crippen LogP contribution >= 0.6 is 11.6 Å². The van der Waals surface area contributed by atoms with Gasteiger partial charge in [-0.25, -0.2) is 0 Å². The van der Waals surface area contributed by atoms with Gasteiger partial charge in [-0.15, -0.1) is 0 Å². The molecule has 0 aliphatic rings. The molecule has 1 aromatic rings. The fourth-order valence-corrected chi connectivity index (χ4v) is 1.14. The SMILES string of the molecule is C=[C]c1cc(Cl)cc(OCCO)c1. The summed E-state index contributed by atoms with van der Waals surface area (Å²) in [4.78, 5) is 0. The van der Waals surface area contributed by atoms with Crippen LogP contribution in [0.15, 0.2) is 24.8 Å². The summed E-state index contributed by atoms with van der Waals surface area (Å²) < 4.78 is 5.18. The highest BCUT2D eigenvalue weighted by Gasteiger charge is 1.97. The minimum atomic E-state index is -0.0142. The van der Waals surface area contributed by atoms with Crippen LogP contribution in [0, 0.1) is 6.08 Å². The van der Waals surface area contributed by atoms with Gasteiger partial charge in [0.25, 0.3) is 0 Å². The molecule has 1 aromatic carbocycles. The standard InChI is InChI=1S/C10H10ClO2/c1-2-8-5-9(11)7-10(6-8)13-4-3-12/h5-7,12H,1,3-4H2. The Morgan fingerprint density at radius 1 is 1.46 bits per heavy atom. The van der Waals surface area contributed by atoms with Crippen LogP contribution < -0.4 is 4.74 Å². The second kappa shape index (κ2) is 4.90. The molecule has 2 nitrogen and oxygen atoms in total. The van der Waals surface area contributed by atoms with Crippen molar-refractivity contribution in [1.82, 2.24) is 0 Å². The average Bonchev–Trinajstić information content (AvgIpc) is 2.14. The van der Waals surface area contributed by atoms with Gasteiger partial charge in [0.2, 0.25) is 0 Å². The first-order valence-electron chi connectivity index (χ1n) is 3.83. The number of hydrogen-bond acceptors (Lipinski definition) is 2. The molecule has 0 saturated heterocycles. The van der Waals surface area contributed by atoms with E-state index < -0.39 is 0 Å². The number of benzene rings is 1. The molecule has 0 amide bonds. The maximum atomic E-state index is 8.54. The summed E-state index contributed by atoms with van der Waals surface area (Å²) in [7, 11) is 0. The van der Waals surface area contributed by atoms with Crippen molar-refractivity contribution in [3.8, 4) is 5.75 Å². The number of halogens is 1. The monoisotopic (exact) mass is 197 g/mol. The lowest BCUT2D eigenvalue weighted by Crippen LogP contribution is -2.01. The van der Waals surface area contributed by atoms with E-state index in [1.165, 1.54) is 0 Å². The van der Waals surface area contributed by atoms with Crippen LogP contribution in [0.3, 0.4) is 0 Å². The molecule has 0 atom stereocenters. The van der Waals surface area contributed by atoms with E-state index in [4.69, 9.17) is 21.4 Å². The summed E-state index contributed by atoms with van der Waals surface area (Å²) in [6, 6.07) is 5.17. The van der Waals surface area contributed by atoms with E-state index in [-0.39, 0.29) is 13.2 Å². The second-order valence-corrected chi connectivity index (χ2v) is 2.86. The van der Waals surface area contributed by atoms with Crippen LogP contribution in [0.4, 0.5) is 0 Å². The van der Waals surface area contributed by atoms with Gasteiger partial charge < -0.3 is 9.84 Å². The van der Waals surface area contributed by atoms with Crippen LogP contribution in [0.5, 0.6) is 5.75 Å². The van der Waals surface area contributed by atoms with E-state index in [0.29, 0.717) is 10.8 Å². The van der Waals surface area contributed by atoms with Crippen LogP contribution in [0.2, 0.25) is 5.02 Å². The number of rotatable bonds is 4. The molecule has 1 N–H and O–H groups in total. The molecule has 0 unspecified atom stereocenters. The van der Waals surface area contributed by atoms with E-state index in [9.17, 15) is 0 Å². The van der Waals surface area contributed by atoms with Gasteiger partial charge in [-0.1, -0.05) is 18.2 Å². The molecule has 0 aromatic heterocycles. The molecule has 3 heteroatoms.